The van der Waals surface area contributed by atoms with Gasteiger partial charge in [-0.3, -0.25) is 4.79 Å². The van der Waals surface area contributed by atoms with Crippen molar-refractivity contribution in [2.75, 3.05) is 4.90 Å². The number of amides is 3. The summed E-state index contributed by atoms with van der Waals surface area (Å²) < 4.78 is 78.5. The SMILES string of the molecule is C[C@@]12C(=O)N(c3cc(C(F)(F)F)cc(C(F)(F)F)c3)C(=O)N1C1C=CC2C1. The molecule has 2 saturated heterocycles. The number of anilines is 1. The number of benzene rings is 1. The van der Waals surface area contributed by atoms with E-state index in [2.05, 4.69) is 0 Å². The van der Waals surface area contributed by atoms with E-state index in [1.54, 1.807) is 12.2 Å². The summed E-state index contributed by atoms with van der Waals surface area (Å²) >= 11 is 0. The topological polar surface area (TPSA) is 40.6 Å². The van der Waals surface area contributed by atoms with Crippen LogP contribution in [0, 0.1) is 5.92 Å². The fourth-order valence-corrected chi connectivity index (χ4v) is 4.13. The van der Waals surface area contributed by atoms with Crippen molar-refractivity contribution in [2.24, 2.45) is 5.92 Å². The monoisotopic (exact) mass is 390 g/mol. The summed E-state index contributed by atoms with van der Waals surface area (Å²) in [5.74, 6) is -1.14. The van der Waals surface area contributed by atoms with Gasteiger partial charge in [-0.1, -0.05) is 12.2 Å². The van der Waals surface area contributed by atoms with Crippen molar-refractivity contribution < 1.29 is 35.9 Å². The van der Waals surface area contributed by atoms with Crippen molar-refractivity contribution in [1.82, 2.24) is 4.90 Å². The van der Waals surface area contributed by atoms with E-state index in [0.29, 0.717) is 23.5 Å². The maximum atomic E-state index is 13.1. The van der Waals surface area contributed by atoms with Crippen LogP contribution < -0.4 is 4.90 Å². The van der Waals surface area contributed by atoms with E-state index < -0.39 is 52.7 Å². The van der Waals surface area contributed by atoms with Crippen LogP contribution in [-0.2, 0) is 17.1 Å². The molecule has 1 aromatic rings. The molecule has 4 nitrogen and oxygen atoms in total. The van der Waals surface area contributed by atoms with Gasteiger partial charge in [0, 0.05) is 5.92 Å². The van der Waals surface area contributed by atoms with E-state index >= 15 is 0 Å². The fourth-order valence-electron chi connectivity index (χ4n) is 4.13. The molecule has 4 rings (SSSR count). The maximum Gasteiger partial charge on any atom is 0.416 e. The number of carbonyl (C=O) groups is 2. The zero-order valence-corrected chi connectivity index (χ0v) is 13.7. The van der Waals surface area contributed by atoms with Crippen LogP contribution in [0.15, 0.2) is 30.4 Å². The molecule has 0 spiro atoms. The maximum absolute atomic E-state index is 13.1. The molecular formula is C17H12F6N2O2. The molecular weight excluding hydrogens is 378 g/mol. The quantitative estimate of drug-likeness (QED) is 0.410. The number of hydrogen-bond acceptors (Lipinski definition) is 2. The van der Waals surface area contributed by atoms with Crippen LogP contribution in [0.5, 0.6) is 0 Å². The minimum absolute atomic E-state index is 0.0391. The smallest absolute Gasteiger partial charge is 0.302 e. The summed E-state index contributed by atoms with van der Waals surface area (Å²) in [5.41, 5.74) is -5.19. The second-order valence-corrected chi connectivity index (χ2v) is 7.00. The van der Waals surface area contributed by atoms with E-state index in [0.717, 1.165) is 0 Å². The molecule has 2 bridgehead atoms. The highest BCUT2D eigenvalue weighted by atomic mass is 19.4. The molecule has 2 aliphatic heterocycles. The minimum atomic E-state index is -5.07. The molecule has 0 saturated carbocycles. The average Bonchev–Trinajstić information content (AvgIpc) is 3.17. The number of hydrogen-bond donors (Lipinski definition) is 0. The molecule has 3 amide bonds. The third kappa shape index (κ3) is 2.31. The van der Waals surface area contributed by atoms with Gasteiger partial charge in [-0.25, -0.2) is 9.69 Å². The van der Waals surface area contributed by atoms with Crippen LogP contribution in [0.3, 0.4) is 0 Å². The van der Waals surface area contributed by atoms with Gasteiger partial charge in [-0.15, -0.1) is 0 Å². The number of alkyl halides is 6. The molecule has 1 aromatic carbocycles. The first kappa shape index (κ1) is 17.9. The zero-order valence-electron chi connectivity index (χ0n) is 13.7. The van der Waals surface area contributed by atoms with Gasteiger partial charge in [-0.2, -0.15) is 26.3 Å². The molecule has 3 atom stereocenters. The largest absolute Gasteiger partial charge is 0.416 e. The van der Waals surface area contributed by atoms with Crippen LogP contribution in [0.4, 0.5) is 36.8 Å². The summed E-state index contributed by atoms with van der Waals surface area (Å²) in [5, 5.41) is 0. The van der Waals surface area contributed by atoms with E-state index in [4.69, 9.17) is 0 Å². The summed E-state index contributed by atoms with van der Waals surface area (Å²) in [6.07, 6.45) is -6.15. The van der Waals surface area contributed by atoms with Crippen molar-refractivity contribution in [1.29, 1.82) is 0 Å². The van der Waals surface area contributed by atoms with Gasteiger partial charge < -0.3 is 4.90 Å². The van der Waals surface area contributed by atoms with E-state index in [1.807, 2.05) is 0 Å². The van der Waals surface area contributed by atoms with Gasteiger partial charge in [0.25, 0.3) is 5.91 Å². The van der Waals surface area contributed by atoms with Gasteiger partial charge in [0.1, 0.15) is 5.54 Å². The first-order valence-corrected chi connectivity index (χ1v) is 8.01. The van der Waals surface area contributed by atoms with Crippen LogP contribution >= 0.6 is 0 Å². The van der Waals surface area contributed by atoms with Crippen molar-refractivity contribution >= 4 is 17.6 Å². The Bertz CT molecular complexity index is 858. The molecule has 2 unspecified atom stereocenters. The normalized spacial score (nSPS) is 29.9. The first-order chi connectivity index (χ1) is 12.3. The Balaban J connectivity index is 1.85. The zero-order chi connectivity index (χ0) is 19.9. The summed E-state index contributed by atoms with van der Waals surface area (Å²) in [4.78, 5) is 27.3. The molecule has 0 aromatic heterocycles. The van der Waals surface area contributed by atoms with Gasteiger partial charge in [0.2, 0.25) is 0 Å². The Morgan fingerprint density at radius 3 is 2.00 bits per heavy atom. The number of rotatable bonds is 1. The number of nitrogens with zero attached hydrogens (tertiary/aromatic N) is 2. The lowest BCUT2D eigenvalue weighted by Gasteiger charge is -2.32. The van der Waals surface area contributed by atoms with Crippen LogP contribution in [0.25, 0.3) is 0 Å². The summed E-state index contributed by atoms with van der Waals surface area (Å²) in [6.45, 7) is 1.49. The standard InChI is InChI=1S/C17H12F6N2O2/c1-15-8-2-3-11(5-8)25(15)14(27)24(13(15)26)12-6-9(16(18,19)20)4-10(7-12)17(21,22)23/h2-4,6-8,11H,5H2,1H3/t8?,11?,15-/m1/s1. The number of imide groups is 1. The Kier molecular flexibility index (Phi) is 3.34. The third-order valence-electron chi connectivity index (χ3n) is 5.48. The minimum Gasteiger partial charge on any atom is -0.302 e. The Morgan fingerprint density at radius 2 is 1.52 bits per heavy atom. The van der Waals surface area contributed by atoms with E-state index in [9.17, 15) is 35.9 Å². The molecule has 10 heteroatoms. The van der Waals surface area contributed by atoms with Crippen LogP contribution in [0.2, 0.25) is 0 Å². The van der Waals surface area contributed by atoms with Gasteiger partial charge in [0.05, 0.1) is 22.9 Å². The van der Waals surface area contributed by atoms with E-state index in [1.165, 1.54) is 11.8 Å². The Hall–Kier alpha value is -2.52. The van der Waals surface area contributed by atoms with Crippen molar-refractivity contribution in [3.63, 3.8) is 0 Å². The Labute approximate surface area is 149 Å². The second-order valence-electron chi connectivity index (χ2n) is 7.00. The first-order valence-electron chi connectivity index (χ1n) is 8.01. The summed E-state index contributed by atoms with van der Waals surface area (Å²) in [7, 11) is 0. The van der Waals surface area contributed by atoms with Crippen LogP contribution in [-0.4, -0.2) is 28.4 Å². The number of carbonyl (C=O) groups excluding carboxylic acids is 2. The van der Waals surface area contributed by atoms with Gasteiger partial charge >= 0.3 is 18.4 Å². The Morgan fingerprint density at radius 1 is 0.963 bits per heavy atom. The number of urea groups is 1. The lowest BCUT2D eigenvalue weighted by molar-refractivity contribution is -0.143. The van der Waals surface area contributed by atoms with Crippen molar-refractivity contribution in [3.8, 4) is 0 Å². The predicted molar refractivity (Wildman–Crippen MR) is 80.6 cm³/mol. The number of halogens is 6. The molecule has 144 valence electrons. The highest BCUT2D eigenvalue weighted by Gasteiger charge is 2.65. The molecule has 2 fully saturated rings. The lowest BCUT2D eigenvalue weighted by atomic mass is 9.87. The molecule has 1 aliphatic carbocycles. The predicted octanol–water partition coefficient (Wildman–Crippen LogP) is 4.21. The highest BCUT2D eigenvalue weighted by molar-refractivity contribution is 6.24. The van der Waals surface area contributed by atoms with Gasteiger partial charge in [-0.05, 0) is 31.5 Å². The number of fused-ring (bicyclic) bond motifs is 5. The van der Waals surface area contributed by atoms with Gasteiger partial charge in [0.15, 0.2) is 0 Å². The second kappa shape index (κ2) is 5.05. The third-order valence-corrected chi connectivity index (χ3v) is 5.48. The molecule has 3 aliphatic rings. The lowest BCUT2D eigenvalue weighted by Crippen LogP contribution is -2.49. The molecule has 27 heavy (non-hydrogen) atoms. The van der Waals surface area contributed by atoms with E-state index in [-0.39, 0.29) is 12.0 Å². The van der Waals surface area contributed by atoms with Crippen molar-refractivity contribution in [2.45, 2.75) is 37.3 Å². The molecule has 0 radical (unpaired) electrons. The average molecular weight is 390 g/mol. The van der Waals surface area contributed by atoms with Crippen molar-refractivity contribution in [3.05, 3.63) is 41.5 Å². The highest BCUT2D eigenvalue weighted by Crippen LogP contribution is 2.51. The molecule has 2 heterocycles. The summed E-state index contributed by atoms with van der Waals surface area (Å²) in [6, 6.07) is -0.554. The fraction of sp³-hybridized carbons (Fsp3) is 0.412. The molecule has 0 N–H and O–H groups in total. The van der Waals surface area contributed by atoms with Crippen LogP contribution in [0.1, 0.15) is 24.5 Å².